The summed E-state index contributed by atoms with van der Waals surface area (Å²) in [5.74, 6) is -2.81. The SMILES string of the molecule is [B]c1ccc2c(O)c(C(=O)NCC(=O)O)c(=O)n(C)c2n1. The Morgan fingerprint density at radius 2 is 2.10 bits per heavy atom. The molecule has 2 aromatic heterocycles. The summed E-state index contributed by atoms with van der Waals surface area (Å²) in [4.78, 5) is 38.3. The third-order valence-electron chi connectivity index (χ3n) is 2.85. The third-order valence-corrected chi connectivity index (χ3v) is 2.85. The van der Waals surface area contributed by atoms with E-state index < -0.39 is 35.3 Å². The minimum atomic E-state index is -1.27. The Balaban J connectivity index is 2.65. The molecular weight excluding hydrogens is 277 g/mol. The number of hydrogen-bond donors (Lipinski definition) is 3. The number of nitrogens with zero attached hydrogens (tertiary/aromatic N) is 2. The van der Waals surface area contributed by atoms with Crippen molar-refractivity contribution in [3.63, 3.8) is 0 Å². The molecule has 0 saturated heterocycles. The fourth-order valence-electron chi connectivity index (χ4n) is 1.85. The molecule has 21 heavy (non-hydrogen) atoms. The average molecular weight is 287 g/mol. The second-order valence-corrected chi connectivity index (χ2v) is 4.27. The molecule has 9 heteroatoms. The first-order valence-corrected chi connectivity index (χ1v) is 5.81. The first-order valence-electron chi connectivity index (χ1n) is 5.81. The van der Waals surface area contributed by atoms with Gasteiger partial charge in [0.1, 0.15) is 31.4 Å². The number of carboxylic acids is 1. The lowest BCUT2D eigenvalue weighted by molar-refractivity contribution is -0.135. The van der Waals surface area contributed by atoms with Crippen LogP contribution in [0.5, 0.6) is 5.75 Å². The van der Waals surface area contributed by atoms with Gasteiger partial charge >= 0.3 is 5.97 Å². The molecule has 2 heterocycles. The van der Waals surface area contributed by atoms with Gasteiger partial charge in [0.15, 0.2) is 0 Å². The lowest BCUT2D eigenvalue weighted by Gasteiger charge is -2.11. The summed E-state index contributed by atoms with van der Waals surface area (Å²) in [6, 6.07) is 2.83. The van der Waals surface area contributed by atoms with E-state index in [1.165, 1.54) is 19.2 Å². The van der Waals surface area contributed by atoms with Gasteiger partial charge in [0.2, 0.25) is 0 Å². The van der Waals surface area contributed by atoms with E-state index in [0.29, 0.717) is 0 Å². The highest BCUT2D eigenvalue weighted by molar-refractivity contribution is 6.31. The standard InChI is InChI=1S/C12H10BN3O5/c1-16-10-5(2-3-6(13)15-10)9(19)8(12(16)21)11(20)14-4-7(17)18/h2-3,19H,4H2,1H3,(H,14,20)(H,17,18). The lowest BCUT2D eigenvalue weighted by Crippen LogP contribution is -2.35. The van der Waals surface area contributed by atoms with Crippen molar-refractivity contribution in [3.05, 3.63) is 28.0 Å². The fourth-order valence-corrected chi connectivity index (χ4v) is 1.85. The maximum Gasteiger partial charge on any atom is 0.322 e. The molecule has 0 saturated carbocycles. The smallest absolute Gasteiger partial charge is 0.322 e. The van der Waals surface area contributed by atoms with Crippen molar-refractivity contribution in [2.24, 2.45) is 7.05 Å². The van der Waals surface area contributed by atoms with Gasteiger partial charge in [-0.1, -0.05) is 6.07 Å². The second-order valence-electron chi connectivity index (χ2n) is 4.27. The molecule has 0 unspecified atom stereocenters. The zero-order valence-electron chi connectivity index (χ0n) is 11.0. The quantitative estimate of drug-likeness (QED) is 0.575. The number of pyridine rings is 2. The van der Waals surface area contributed by atoms with Crippen molar-refractivity contribution < 1.29 is 19.8 Å². The Bertz CT molecular complexity index is 815. The van der Waals surface area contributed by atoms with Crippen LogP contribution in [-0.2, 0) is 11.8 Å². The predicted molar refractivity (Wildman–Crippen MR) is 74.0 cm³/mol. The zero-order valence-corrected chi connectivity index (χ0v) is 11.0. The second kappa shape index (κ2) is 5.27. The number of rotatable bonds is 3. The van der Waals surface area contributed by atoms with Gasteiger partial charge < -0.3 is 15.5 Å². The largest absolute Gasteiger partial charge is 0.506 e. The number of amides is 1. The first kappa shape index (κ1) is 14.6. The Labute approximate surface area is 119 Å². The molecule has 0 aliphatic rings. The Hall–Kier alpha value is -2.84. The van der Waals surface area contributed by atoms with E-state index in [-0.39, 0.29) is 16.6 Å². The number of nitrogens with one attached hydrogen (secondary N) is 1. The highest BCUT2D eigenvalue weighted by atomic mass is 16.4. The van der Waals surface area contributed by atoms with E-state index in [1.807, 2.05) is 5.32 Å². The molecule has 0 atom stereocenters. The maximum atomic E-state index is 12.1. The molecular formula is C12H10BN3O5. The number of hydrogen-bond acceptors (Lipinski definition) is 5. The zero-order chi connectivity index (χ0) is 15.7. The van der Waals surface area contributed by atoms with E-state index in [9.17, 15) is 19.5 Å². The summed E-state index contributed by atoms with van der Waals surface area (Å²) in [7, 11) is 6.88. The van der Waals surface area contributed by atoms with Gasteiger partial charge in [-0.15, -0.1) is 0 Å². The Morgan fingerprint density at radius 1 is 1.43 bits per heavy atom. The van der Waals surface area contributed by atoms with E-state index in [4.69, 9.17) is 13.0 Å². The molecule has 0 spiro atoms. The van der Waals surface area contributed by atoms with Crippen LogP contribution >= 0.6 is 0 Å². The molecule has 8 nitrogen and oxygen atoms in total. The summed E-state index contributed by atoms with van der Waals surface area (Å²) in [5.41, 5.74) is -1.08. The average Bonchev–Trinajstić information content (AvgIpc) is 2.42. The molecule has 3 N–H and O–H groups in total. The van der Waals surface area contributed by atoms with Crippen LogP contribution in [0, 0.1) is 0 Å². The van der Waals surface area contributed by atoms with Crippen LogP contribution in [0.3, 0.4) is 0 Å². The minimum absolute atomic E-state index is 0.118. The summed E-state index contributed by atoms with van der Waals surface area (Å²) >= 11 is 0. The molecule has 0 aromatic carbocycles. The van der Waals surface area contributed by atoms with E-state index in [0.717, 1.165) is 4.57 Å². The molecule has 2 radical (unpaired) electrons. The van der Waals surface area contributed by atoms with Crippen molar-refractivity contribution in [2.45, 2.75) is 0 Å². The maximum absolute atomic E-state index is 12.1. The van der Waals surface area contributed by atoms with Crippen LogP contribution in [0.25, 0.3) is 11.0 Å². The fraction of sp³-hybridized carbons (Fsp3) is 0.167. The number of aliphatic carboxylic acids is 1. The molecule has 1 amide bonds. The van der Waals surface area contributed by atoms with Crippen molar-refractivity contribution in [2.75, 3.05) is 6.54 Å². The molecule has 2 aromatic rings. The van der Waals surface area contributed by atoms with Crippen molar-refractivity contribution in [3.8, 4) is 5.75 Å². The van der Waals surface area contributed by atoms with Crippen LogP contribution in [-0.4, -0.2) is 46.0 Å². The van der Waals surface area contributed by atoms with Gasteiger partial charge in [-0.05, 0) is 11.7 Å². The van der Waals surface area contributed by atoms with Gasteiger partial charge in [-0.3, -0.25) is 19.0 Å². The van der Waals surface area contributed by atoms with Gasteiger partial charge in [-0.25, -0.2) is 4.98 Å². The molecule has 0 bridgehead atoms. The summed E-state index contributed by atoms with van der Waals surface area (Å²) in [6.07, 6.45) is 0. The van der Waals surface area contributed by atoms with Crippen molar-refractivity contribution >= 4 is 36.3 Å². The number of carboxylic acid groups (broad SMARTS) is 1. The van der Waals surface area contributed by atoms with Crippen LogP contribution in [0.1, 0.15) is 10.4 Å². The molecule has 106 valence electrons. The molecule has 0 aliphatic carbocycles. The molecule has 0 fully saturated rings. The van der Waals surface area contributed by atoms with E-state index in [2.05, 4.69) is 4.98 Å². The van der Waals surface area contributed by atoms with Crippen LogP contribution in [0.4, 0.5) is 0 Å². The topological polar surface area (TPSA) is 122 Å². The van der Waals surface area contributed by atoms with Crippen molar-refractivity contribution in [1.82, 2.24) is 14.9 Å². The summed E-state index contributed by atoms with van der Waals surface area (Å²) < 4.78 is 1.06. The monoisotopic (exact) mass is 287 g/mol. The Kier molecular flexibility index (Phi) is 3.66. The third kappa shape index (κ3) is 2.57. The van der Waals surface area contributed by atoms with E-state index >= 15 is 0 Å². The predicted octanol–water partition coefficient (Wildman–Crippen LogP) is -1.75. The number of carbonyl (C=O) groups is 2. The Morgan fingerprint density at radius 3 is 2.71 bits per heavy atom. The van der Waals surface area contributed by atoms with Crippen LogP contribution < -0.4 is 16.5 Å². The summed E-state index contributed by atoms with van der Waals surface area (Å²) in [5, 5.41) is 20.8. The van der Waals surface area contributed by atoms with E-state index in [1.54, 1.807) is 0 Å². The minimum Gasteiger partial charge on any atom is -0.506 e. The normalized spacial score (nSPS) is 10.5. The number of aromatic nitrogens is 2. The van der Waals surface area contributed by atoms with Crippen LogP contribution in [0.15, 0.2) is 16.9 Å². The van der Waals surface area contributed by atoms with Gasteiger partial charge in [-0.2, -0.15) is 0 Å². The number of carbonyl (C=O) groups excluding carboxylic acids is 1. The van der Waals surface area contributed by atoms with Gasteiger partial charge in [0.05, 0.1) is 5.39 Å². The lowest BCUT2D eigenvalue weighted by atomic mass is 10.0. The van der Waals surface area contributed by atoms with Crippen LogP contribution in [0.2, 0.25) is 0 Å². The number of aromatic hydroxyl groups is 1. The molecule has 2 rings (SSSR count). The number of fused-ring (bicyclic) bond motifs is 1. The summed E-state index contributed by atoms with van der Waals surface area (Å²) in [6.45, 7) is -0.667. The highest BCUT2D eigenvalue weighted by Crippen LogP contribution is 2.23. The number of aryl methyl sites for hydroxylation is 1. The highest BCUT2D eigenvalue weighted by Gasteiger charge is 2.21. The van der Waals surface area contributed by atoms with Gasteiger partial charge in [0, 0.05) is 7.05 Å². The van der Waals surface area contributed by atoms with Crippen molar-refractivity contribution in [1.29, 1.82) is 0 Å². The van der Waals surface area contributed by atoms with Gasteiger partial charge in [0.25, 0.3) is 11.5 Å². The molecule has 0 aliphatic heterocycles. The first-order chi connectivity index (χ1) is 9.82.